The van der Waals surface area contributed by atoms with E-state index in [0.717, 1.165) is 11.4 Å². The summed E-state index contributed by atoms with van der Waals surface area (Å²) in [5.74, 6) is 0.00236. The summed E-state index contributed by atoms with van der Waals surface area (Å²) in [5, 5.41) is 6.11. The summed E-state index contributed by atoms with van der Waals surface area (Å²) in [4.78, 5) is 15.8. The third-order valence-electron chi connectivity index (χ3n) is 3.10. The van der Waals surface area contributed by atoms with Gasteiger partial charge in [-0.3, -0.25) is 9.78 Å². The van der Waals surface area contributed by atoms with Crippen LogP contribution in [-0.4, -0.2) is 23.5 Å². The molecule has 2 N–H and O–H groups in total. The number of nitrogens with one attached hydrogen (secondary N) is 2. The highest BCUT2D eigenvalue weighted by Crippen LogP contribution is 2.17. The van der Waals surface area contributed by atoms with Crippen molar-refractivity contribution in [2.24, 2.45) is 0 Å². The predicted molar refractivity (Wildman–Crippen MR) is 67.9 cm³/mol. The summed E-state index contributed by atoms with van der Waals surface area (Å²) >= 11 is 0. The van der Waals surface area contributed by atoms with E-state index >= 15 is 0 Å². The van der Waals surface area contributed by atoms with Crippen LogP contribution in [0, 0.1) is 6.92 Å². The van der Waals surface area contributed by atoms with Crippen LogP contribution >= 0.6 is 0 Å². The van der Waals surface area contributed by atoms with Gasteiger partial charge in [0, 0.05) is 11.7 Å². The number of anilines is 1. The Balaban J connectivity index is 1.74. The Bertz CT molecular complexity index is 369. The maximum atomic E-state index is 11.7. The standard InChI is InChI=1S/C13H19N3O/c1-10-6-7-12(8-14-10)16-13(17)9-15-11-4-2-3-5-11/h6-8,11,15H,2-5,9H2,1H3,(H,16,17). The number of hydrogen-bond donors (Lipinski definition) is 2. The van der Waals surface area contributed by atoms with Crippen LogP contribution in [0.3, 0.4) is 0 Å². The normalized spacial score (nSPS) is 16.1. The average Bonchev–Trinajstić information content (AvgIpc) is 2.83. The molecule has 0 radical (unpaired) electrons. The van der Waals surface area contributed by atoms with E-state index in [4.69, 9.17) is 0 Å². The summed E-state index contributed by atoms with van der Waals surface area (Å²) in [6, 6.07) is 4.28. The van der Waals surface area contributed by atoms with Crippen LogP contribution in [0.2, 0.25) is 0 Å². The fourth-order valence-corrected chi connectivity index (χ4v) is 2.11. The Morgan fingerprint density at radius 3 is 2.82 bits per heavy atom. The van der Waals surface area contributed by atoms with Crippen molar-refractivity contribution in [1.82, 2.24) is 10.3 Å². The van der Waals surface area contributed by atoms with Crippen molar-refractivity contribution in [1.29, 1.82) is 0 Å². The number of carbonyl (C=O) groups is 1. The van der Waals surface area contributed by atoms with E-state index < -0.39 is 0 Å². The molecule has 4 nitrogen and oxygen atoms in total. The molecular weight excluding hydrogens is 214 g/mol. The van der Waals surface area contributed by atoms with E-state index in [2.05, 4.69) is 15.6 Å². The lowest BCUT2D eigenvalue weighted by Gasteiger charge is -2.11. The second kappa shape index (κ2) is 5.77. The quantitative estimate of drug-likeness (QED) is 0.834. The van der Waals surface area contributed by atoms with E-state index in [9.17, 15) is 4.79 Å². The number of pyridine rings is 1. The van der Waals surface area contributed by atoms with Gasteiger partial charge in [-0.2, -0.15) is 0 Å². The summed E-state index contributed by atoms with van der Waals surface area (Å²) < 4.78 is 0. The van der Waals surface area contributed by atoms with Gasteiger partial charge in [0.1, 0.15) is 0 Å². The van der Waals surface area contributed by atoms with Gasteiger partial charge in [0.15, 0.2) is 0 Å². The van der Waals surface area contributed by atoms with Crippen molar-refractivity contribution in [2.45, 2.75) is 38.6 Å². The fourth-order valence-electron chi connectivity index (χ4n) is 2.11. The molecule has 2 rings (SSSR count). The lowest BCUT2D eigenvalue weighted by atomic mass is 10.2. The Kier molecular flexibility index (Phi) is 4.09. The molecule has 0 unspecified atom stereocenters. The van der Waals surface area contributed by atoms with Crippen molar-refractivity contribution in [3.63, 3.8) is 0 Å². The van der Waals surface area contributed by atoms with Crippen molar-refractivity contribution in [3.8, 4) is 0 Å². The number of nitrogens with zero attached hydrogens (tertiary/aromatic N) is 1. The number of aryl methyl sites for hydroxylation is 1. The van der Waals surface area contributed by atoms with Gasteiger partial charge >= 0.3 is 0 Å². The molecule has 92 valence electrons. The first-order chi connectivity index (χ1) is 8.24. The van der Waals surface area contributed by atoms with Gasteiger partial charge in [0.25, 0.3) is 0 Å². The largest absolute Gasteiger partial charge is 0.324 e. The summed E-state index contributed by atoms with van der Waals surface area (Å²) in [6.07, 6.45) is 6.63. The molecule has 1 aromatic rings. The van der Waals surface area contributed by atoms with Crippen molar-refractivity contribution >= 4 is 11.6 Å². The summed E-state index contributed by atoms with van der Waals surface area (Å²) in [6.45, 7) is 2.31. The number of amides is 1. The molecule has 0 aromatic carbocycles. The molecule has 17 heavy (non-hydrogen) atoms. The summed E-state index contributed by atoms with van der Waals surface area (Å²) in [5.41, 5.74) is 1.71. The smallest absolute Gasteiger partial charge is 0.238 e. The molecular formula is C13H19N3O. The maximum Gasteiger partial charge on any atom is 0.238 e. The molecule has 1 aliphatic rings. The van der Waals surface area contributed by atoms with Gasteiger partial charge < -0.3 is 10.6 Å². The minimum atomic E-state index is 0.00236. The zero-order chi connectivity index (χ0) is 12.1. The SMILES string of the molecule is Cc1ccc(NC(=O)CNC2CCCC2)cn1. The van der Waals surface area contributed by atoms with E-state index in [1.165, 1.54) is 25.7 Å². The van der Waals surface area contributed by atoms with Gasteiger partial charge in [-0.05, 0) is 31.9 Å². The Labute approximate surface area is 102 Å². The molecule has 1 aliphatic carbocycles. The molecule has 1 saturated carbocycles. The molecule has 4 heteroatoms. The molecule has 1 fully saturated rings. The number of hydrogen-bond acceptors (Lipinski definition) is 3. The Morgan fingerprint density at radius 2 is 2.18 bits per heavy atom. The molecule has 1 amide bonds. The molecule has 1 aromatic heterocycles. The fraction of sp³-hybridized carbons (Fsp3) is 0.538. The maximum absolute atomic E-state index is 11.7. The van der Waals surface area contributed by atoms with Crippen molar-refractivity contribution in [2.75, 3.05) is 11.9 Å². The van der Waals surface area contributed by atoms with Crippen LogP contribution in [0.4, 0.5) is 5.69 Å². The minimum absolute atomic E-state index is 0.00236. The highest BCUT2D eigenvalue weighted by Gasteiger charge is 2.15. The second-order valence-corrected chi connectivity index (χ2v) is 4.60. The van der Waals surface area contributed by atoms with E-state index in [0.29, 0.717) is 12.6 Å². The monoisotopic (exact) mass is 233 g/mol. The van der Waals surface area contributed by atoms with Gasteiger partial charge in [0.2, 0.25) is 5.91 Å². The lowest BCUT2D eigenvalue weighted by molar-refractivity contribution is -0.115. The molecule has 0 spiro atoms. The average molecular weight is 233 g/mol. The lowest BCUT2D eigenvalue weighted by Crippen LogP contribution is -2.34. The zero-order valence-corrected chi connectivity index (χ0v) is 10.2. The van der Waals surface area contributed by atoms with E-state index in [-0.39, 0.29) is 5.91 Å². The van der Waals surface area contributed by atoms with Gasteiger partial charge in [-0.25, -0.2) is 0 Å². The third kappa shape index (κ3) is 3.82. The van der Waals surface area contributed by atoms with Crippen LogP contribution in [0.1, 0.15) is 31.4 Å². The van der Waals surface area contributed by atoms with Crippen LogP contribution < -0.4 is 10.6 Å². The van der Waals surface area contributed by atoms with Crippen LogP contribution in [0.25, 0.3) is 0 Å². The highest BCUT2D eigenvalue weighted by molar-refractivity contribution is 5.92. The first kappa shape index (κ1) is 12.0. The molecule has 0 aliphatic heterocycles. The molecule has 1 heterocycles. The van der Waals surface area contributed by atoms with Crippen LogP contribution in [-0.2, 0) is 4.79 Å². The summed E-state index contributed by atoms with van der Waals surface area (Å²) in [7, 11) is 0. The van der Waals surface area contributed by atoms with Crippen LogP contribution in [0.5, 0.6) is 0 Å². The van der Waals surface area contributed by atoms with Gasteiger partial charge in [-0.15, -0.1) is 0 Å². The van der Waals surface area contributed by atoms with E-state index in [1.54, 1.807) is 6.20 Å². The highest BCUT2D eigenvalue weighted by atomic mass is 16.1. The number of aromatic nitrogens is 1. The molecule has 0 atom stereocenters. The van der Waals surface area contributed by atoms with E-state index in [1.807, 2.05) is 19.1 Å². The molecule has 0 saturated heterocycles. The number of carbonyl (C=O) groups excluding carboxylic acids is 1. The van der Waals surface area contributed by atoms with Crippen molar-refractivity contribution in [3.05, 3.63) is 24.0 Å². The van der Waals surface area contributed by atoms with Crippen molar-refractivity contribution < 1.29 is 4.79 Å². The first-order valence-electron chi connectivity index (χ1n) is 6.20. The Morgan fingerprint density at radius 1 is 1.41 bits per heavy atom. The Hall–Kier alpha value is -1.42. The number of rotatable bonds is 4. The first-order valence-corrected chi connectivity index (χ1v) is 6.20. The van der Waals surface area contributed by atoms with Crippen LogP contribution in [0.15, 0.2) is 18.3 Å². The topological polar surface area (TPSA) is 54.0 Å². The zero-order valence-electron chi connectivity index (χ0n) is 10.2. The van der Waals surface area contributed by atoms with Gasteiger partial charge in [-0.1, -0.05) is 12.8 Å². The van der Waals surface area contributed by atoms with Gasteiger partial charge in [0.05, 0.1) is 18.4 Å². The predicted octanol–water partition coefficient (Wildman–Crippen LogP) is 1.86. The third-order valence-corrected chi connectivity index (χ3v) is 3.10. The molecule has 0 bridgehead atoms. The second-order valence-electron chi connectivity index (χ2n) is 4.60. The minimum Gasteiger partial charge on any atom is -0.324 e.